The zero-order chi connectivity index (χ0) is 18.7. The molecule has 0 saturated heterocycles. The first kappa shape index (κ1) is 17.7. The van der Waals surface area contributed by atoms with E-state index in [-0.39, 0.29) is 23.5 Å². The number of nitrogens with zero attached hydrogens (tertiary/aromatic N) is 3. The van der Waals surface area contributed by atoms with Gasteiger partial charge in [0.1, 0.15) is 5.65 Å². The van der Waals surface area contributed by atoms with Crippen molar-refractivity contribution < 1.29 is 14.5 Å². The molecule has 1 aromatic carbocycles. The predicted octanol–water partition coefficient (Wildman–Crippen LogP) is 3.22. The van der Waals surface area contributed by atoms with Crippen LogP contribution in [0.25, 0.3) is 5.65 Å². The topological polar surface area (TPSA) is 98.8 Å². The van der Waals surface area contributed by atoms with E-state index in [0.29, 0.717) is 23.0 Å². The first-order chi connectivity index (χ1) is 12.5. The lowest BCUT2D eigenvalue weighted by Gasteiger charge is -2.07. The van der Waals surface area contributed by atoms with Gasteiger partial charge >= 0.3 is 5.69 Å². The number of fused-ring (bicyclic) bond motifs is 1. The number of hydrogen-bond donors (Lipinski definition) is 1. The van der Waals surface area contributed by atoms with Crippen molar-refractivity contribution >= 4 is 28.8 Å². The molecule has 1 N–H and O–H groups in total. The SMILES string of the molecule is CCOc1ccc(C(=O)NCc2cn3cc(Cl)ccc3n2)cc1[N+](=O)[O-]. The summed E-state index contributed by atoms with van der Waals surface area (Å²) < 4.78 is 6.96. The van der Waals surface area contributed by atoms with Crippen molar-refractivity contribution in [3.8, 4) is 5.75 Å². The number of benzene rings is 1. The van der Waals surface area contributed by atoms with Crippen LogP contribution in [0.15, 0.2) is 42.7 Å². The van der Waals surface area contributed by atoms with E-state index in [1.165, 1.54) is 18.2 Å². The molecule has 0 atom stereocenters. The highest BCUT2D eigenvalue weighted by Crippen LogP contribution is 2.28. The molecule has 0 bridgehead atoms. The van der Waals surface area contributed by atoms with E-state index < -0.39 is 10.8 Å². The Morgan fingerprint density at radius 1 is 1.35 bits per heavy atom. The zero-order valence-electron chi connectivity index (χ0n) is 13.8. The van der Waals surface area contributed by atoms with E-state index in [2.05, 4.69) is 10.3 Å². The molecular weight excluding hydrogens is 360 g/mol. The number of hydrogen-bond acceptors (Lipinski definition) is 5. The lowest BCUT2D eigenvalue weighted by Crippen LogP contribution is -2.23. The molecule has 2 heterocycles. The van der Waals surface area contributed by atoms with Crippen LogP contribution in [0.4, 0.5) is 5.69 Å². The fraction of sp³-hybridized carbons (Fsp3) is 0.176. The van der Waals surface area contributed by atoms with E-state index in [9.17, 15) is 14.9 Å². The maximum atomic E-state index is 12.3. The number of ether oxygens (including phenoxy) is 1. The Hall–Kier alpha value is -3.13. The maximum Gasteiger partial charge on any atom is 0.311 e. The highest BCUT2D eigenvalue weighted by atomic mass is 35.5. The Labute approximate surface area is 153 Å². The van der Waals surface area contributed by atoms with Gasteiger partial charge in [-0.2, -0.15) is 0 Å². The molecule has 0 aliphatic heterocycles. The number of halogens is 1. The van der Waals surface area contributed by atoms with Crippen LogP contribution < -0.4 is 10.1 Å². The van der Waals surface area contributed by atoms with Gasteiger partial charge in [0, 0.05) is 24.0 Å². The van der Waals surface area contributed by atoms with E-state index in [1.54, 1.807) is 35.9 Å². The molecule has 0 saturated carbocycles. The van der Waals surface area contributed by atoms with Crippen molar-refractivity contribution in [2.24, 2.45) is 0 Å². The lowest BCUT2D eigenvalue weighted by atomic mass is 10.1. The third-order valence-electron chi connectivity index (χ3n) is 3.61. The van der Waals surface area contributed by atoms with E-state index >= 15 is 0 Å². The Kier molecular flexibility index (Phi) is 5.04. The molecule has 0 spiro atoms. The van der Waals surface area contributed by atoms with Crippen LogP contribution in [0.5, 0.6) is 5.75 Å². The Morgan fingerprint density at radius 3 is 2.88 bits per heavy atom. The van der Waals surface area contributed by atoms with Crippen molar-refractivity contribution in [3.05, 3.63) is 69.1 Å². The molecular formula is C17H15ClN4O4. The number of nitrogens with one attached hydrogen (secondary N) is 1. The Morgan fingerprint density at radius 2 is 2.15 bits per heavy atom. The van der Waals surface area contributed by atoms with Gasteiger partial charge in [-0.15, -0.1) is 0 Å². The fourth-order valence-corrected chi connectivity index (χ4v) is 2.62. The summed E-state index contributed by atoms with van der Waals surface area (Å²) in [6.07, 6.45) is 3.47. The summed E-state index contributed by atoms with van der Waals surface area (Å²) in [5.41, 5.74) is 1.27. The summed E-state index contributed by atoms with van der Waals surface area (Å²) >= 11 is 5.93. The summed E-state index contributed by atoms with van der Waals surface area (Å²) in [5, 5.41) is 14.4. The second kappa shape index (κ2) is 7.40. The molecule has 0 unspecified atom stereocenters. The van der Waals surface area contributed by atoms with Crippen LogP contribution in [0.2, 0.25) is 5.02 Å². The number of aromatic nitrogens is 2. The van der Waals surface area contributed by atoms with Crippen LogP contribution in [0, 0.1) is 10.1 Å². The van der Waals surface area contributed by atoms with Crippen LogP contribution in [0.3, 0.4) is 0 Å². The Bertz CT molecular complexity index is 986. The van der Waals surface area contributed by atoms with Gasteiger partial charge in [0.25, 0.3) is 5.91 Å². The predicted molar refractivity (Wildman–Crippen MR) is 95.6 cm³/mol. The van der Waals surface area contributed by atoms with Crippen LogP contribution in [0.1, 0.15) is 23.0 Å². The second-order valence-electron chi connectivity index (χ2n) is 5.40. The molecule has 8 nitrogen and oxygen atoms in total. The van der Waals surface area contributed by atoms with Crippen molar-refractivity contribution in [3.63, 3.8) is 0 Å². The number of carbonyl (C=O) groups excluding carboxylic acids is 1. The molecule has 2 aromatic heterocycles. The third kappa shape index (κ3) is 3.75. The molecule has 0 aliphatic rings. The van der Waals surface area contributed by atoms with Gasteiger partial charge in [-0.3, -0.25) is 14.9 Å². The van der Waals surface area contributed by atoms with E-state index in [4.69, 9.17) is 16.3 Å². The van der Waals surface area contributed by atoms with Gasteiger partial charge in [-0.25, -0.2) is 4.98 Å². The number of amides is 1. The number of nitro benzene ring substituents is 1. The Balaban J connectivity index is 1.74. The minimum absolute atomic E-state index is 0.131. The van der Waals surface area contributed by atoms with Crippen LogP contribution >= 0.6 is 11.6 Å². The van der Waals surface area contributed by atoms with Crippen molar-refractivity contribution in [1.29, 1.82) is 0 Å². The van der Waals surface area contributed by atoms with Gasteiger partial charge in [-0.05, 0) is 31.2 Å². The molecule has 26 heavy (non-hydrogen) atoms. The third-order valence-corrected chi connectivity index (χ3v) is 3.84. The van der Waals surface area contributed by atoms with Crippen molar-refractivity contribution in [2.45, 2.75) is 13.5 Å². The molecule has 0 aliphatic carbocycles. The summed E-state index contributed by atoms with van der Waals surface area (Å²) in [6, 6.07) is 7.60. The largest absolute Gasteiger partial charge is 0.487 e. The molecule has 3 rings (SSSR count). The minimum Gasteiger partial charge on any atom is -0.487 e. The second-order valence-corrected chi connectivity index (χ2v) is 5.84. The average molecular weight is 375 g/mol. The lowest BCUT2D eigenvalue weighted by molar-refractivity contribution is -0.385. The van der Waals surface area contributed by atoms with Crippen molar-refractivity contribution in [1.82, 2.24) is 14.7 Å². The van der Waals surface area contributed by atoms with E-state index in [1.807, 2.05) is 0 Å². The quantitative estimate of drug-likeness (QED) is 0.527. The van der Waals surface area contributed by atoms with Gasteiger partial charge in [0.15, 0.2) is 5.75 Å². The first-order valence-corrected chi connectivity index (χ1v) is 8.18. The zero-order valence-corrected chi connectivity index (χ0v) is 14.6. The number of imidazole rings is 1. The maximum absolute atomic E-state index is 12.3. The van der Waals surface area contributed by atoms with E-state index in [0.717, 1.165) is 0 Å². The monoisotopic (exact) mass is 374 g/mol. The number of rotatable bonds is 6. The normalized spacial score (nSPS) is 10.7. The smallest absolute Gasteiger partial charge is 0.311 e. The number of carbonyl (C=O) groups is 1. The molecule has 134 valence electrons. The van der Waals surface area contributed by atoms with Gasteiger partial charge in [0.05, 0.1) is 28.8 Å². The minimum atomic E-state index is -0.576. The standard InChI is InChI=1S/C17H15ClN4O4/c1-2-26-15-5-3-11(7-14(15)22(24)25)17(23)19-8-13-10-21-9-12(18)4-6-16(21)20-13/h3-7,9-10H,2,8H2,1H3,(H,19,23). The number of pyridine rings is 1. The molecule has 9 heteroatoms. The number of nitro groups is 1. The summed E-state index contributed by atoms with van der Waals surface area (Å²) in [6.45, 7) is 2.20. The fourth-order valence-electron chi connectivity index (χ4n) is 2.45. The molecule has 0 fully saturated rings. The van der Waals surface area contributed by atoms with Gasteiger partial charge < -0.3 is 14.5 Å². The summed E-state index contributed by atoms with van der Waals surface area (Å²) in [4.78, 5) is 27.2. The summed E-state index contributed by atoms with van der Waals surface area (Å²) in [5.74, 6) is -0.308. The molecule has 3 aromatic rings. The average Bonchev–Trinajstić information content (AvgIpc) is 3.02. The van der Waals surface area contributed by atoms with Crippen LogP contribution in [-0.4, -0.2) is 26.8 Å². The highest BCUT2D eigenvalue weighted by molar-refractivity contribution is 6.30. The summed E-state index contributed by atoms with van der Waals surface area (Å²) in [7, 11) is 0. The highest BCUT2D eigenvalue weighted by Gasteiger charge is 2.18. The van der Waals surface area contributed by atoms with Crippen LogP contribution in [-0.2, 0) is 6.54 Å². The van der Waals surface area contributed by atoms with Crippen molar-refractivity contribution in [2.75, 3.05) is 6.61 Å². The van der Waals surface area contributed by atoms with Gasteiger partial charge in [-0.1, -0.05) is 11.6 Å². The van der Waals surface area contributed by atoms with Gasteiger partial charge in [0.2, 0.25) is 0 Å². The molecule has 1 amide bonds. The molecule has 0 radical (unpaired) electrons. The first-order valence-electron chi connectivity index (χ1n) is 7.80.